The molecule has 1 aromatic carbocycles. The Labute approximate surface area is 131 Å². The van der Waals surface area contributed by atoms with Gasteiger partial charge in [-0.1, -0.05) is 18.2 Å². The Morgan fingerprint density at radius 1 is 1.32 bits per heavy atom. The molecule has 0 spiro atoms. The topological polar surface area (TPSA) is 62.3 Å². The van der Waals surface area contributed by atoms with Crippen LogP contribution in [0.3, 0.4) is 0 Å². The summed E-state index contributed by atoms with van der Waals surface area (Å²) in [7, 11) is -3.17. The van der Waals surface area contributed by atoms with Crippen molar-refractivity contribution in [3.8, 4) is 0 Å². The number of hydrogen-bond donors (Lipinski definition) is 1. The van der Waals surface area contributed by atoms with Gasteiger partial charge in [-0.15, -0.1) is 0 Å². The minimum Gasteiger partial charge on any atom is -0.369 e. The Morgan fingerprint density at radius 2 is 2.09 bits per heavy atom. The van der Waals surface area contributed by atoms with Crippen LogP contribution in [0, 0.1) is 6.92 Å². The van der Waals surface area contributed by atoms with E-state index in [-0.39, 0.29) is 6.04 Å². The Morgan fingerprint density at radius 3 is 2.86 bits per heavy atom. The fourth-order valence-electron chi connectivity index (χ4n) is 3.14. The number of para-hydroxylation sites is 1. The Bertz CT molecular complexity index is 789. The molecule has 0 aliphatic carbocycles. The molecule has 0 bridgehead atoms. The predicted octanol–water partition coefficient (Wildman–Crippen LogP) is 2.06. The third kappa shape index (κ3) is 3.39. The number of pyridine rings is 1. The van der Waals surface area contributed by atoms with E-state index in [1.165, 1.54) is 6.26 Å². The van der Waals surface area contributed by atoms with Crippen LogP contribution in [0.25, 0.3) is 10.9 Å². The molecule has 22 heavy (non-hydrogen) atoms. The second kappa shape index (κ2) is 5.85. The molecule has 1 saturated heterocycles. The van der Waals surface area contributed by atoms with Gasteiger partial charge in [-0.2, -0.15) is 0 Å². The molecule has 1 aliphatic rings. The molecule has 3 rings (SSSR count). The maximum atomic E-state index is 11.5. The van der Waals surface area contributed by atoms with Gasteiger partial charge < -0.3 is 4.90 Å². The Kier molecular flexibility index (Phi) is 4.06. The van der Waals surface area contributed by atoms with Crippen LogP contribution in [0.15, 0.2) is 30.3 Å². The van der Waals surface area contributed by atoms with Gasteiger partial charge in [-0.05, 0) is 31.9 Å². The van der Waals surface area contributed by atoms with Crippen molar-refractivity contribution in [2.45, 2.75) is 25.8 Å². The van der Waals surface area contributed by atoms with Gasteiger partial charge in [-0.25, -0.2) is 13.1 Å². The number of anilines is 1. The Hall–Kier alpha value is -1.66. The zero-order valence-electron chi connectivity index (χ0n) is 12.9. The van der Waals surface area contributed by atoms with Crippen molar-refractivity contribution in [1.82, 2.24) is 9.71 Å². The number of hydrogen-bond acceptors (Lipinski definition) is 4. The van der Waals surface area contributed by atoms with Crippen molar-refractivity contribution >= 4 is 26.6 Å². The average molecular weight is 319 g/mol. The lowest BCUT2D eigenvalue weighted by molar-refractivity contribution is 0.468. The number of aryl methyl sites for hydroxylation is 1. The summed E-state index contributed by atoms with van der Waals surface area (Å²) in [5, 5.41) is 1.12. The molecule has 2 heterocycles. The first-order valence-corrected chi connectivity index (χ1v) is 9.40. The van der Waals surface area contributed by atoms with Gasteiger partial charge in [-0.3, -0.25) is 4.98 Å². The standard InChI is InChI=1S/C16H21N3O2S/c1-12-10-16(14-7-3-4-8-15(14)17-12)19-9-5-6-13(11-19)18-22(2,20)21/h3-4,7-8,10,13,18H,5-6,9,11H2,1-2H3. The first-order valence-electron chi connectivity index (χ1n) is 7.51. The van der Waals surface area contributed by atoms with Crippen LogP contribution in [0.1, 0.15) is 18.5 Å². The molecule has 5 nitrogen and oxygen atoms in total. The maximum Gasteiger partial charge on any atom is 0.209 e. The van der Waals surface area contributed by atoms with E-state index in [0.29, 0.717) is 6.54 Å². The van der Waals surface area contributed by atoms with Crippen LogP contribution in [-0.4, -0.2) is 38.8 Å². The van der Waals surface area contributed by atoms with E-state index in [0.717, 1.165) is 41.7 Å². The summed E-state index contributed by atoms with van der Waals surface area (Å²) in [6.45, 7) is 3.63. The van der Waals surface area contributed by atoms with Crippen molar-refractivity contribution in [3.63, 3.8) is 0 Å². The quantitative estimate of drug-likeness (QED) is 0.940. The summed E-state index contributed by atoms with van der Waals surface area (Å²) in [5.41, 5.74) is 3.10. The fourth-order valence-corrected chi connectivity index (χ4v) is 3.94. The number of sulfonamides is 1. The van der Waals surface area contributed by atoms with Crippen LogP contribution in [-0.2, 0) is 10.0 Å². The van der Waals surface area contributed by atoms with Crippen molar-refractivity contribution in [2.24, 2.45) is 0 Å². The van der Waals surface area contributed by atoms with E-state index in [1.54, 1.807) is 0 Å². The molecule has 0 saturated carbocycles. The smallest absolute Gasteiger partial charge is 0.209 e. The molecule has 1 aromatic heterocycles. The lowest BCUT2D eigenvalue weighted by Crippen LogP contribution is -2.47. The second-order valence-corrected chi connectivity index (χ2v) is 7.76. The zero-order chi connectivity index (χ0) is 15.7. The lowest BCUT2D eigenvalue weighted by atomic mass is 10.0. The van der Waals surface area contributed by atoms with Crippen LogP contribution in [0.2, 0.25) is 0 Å². The van der Waals surface area contributed by atoms with E-state index >= 15 is 0 Å². The summed E-state index contributed by atoms with van der Waals surface area (Å²) in [6, 6.07) is 10.1. The molecule has 1 fully saturated rings. The molecular formula is C16H21N3O2S. The predicted molar refractivity (Wildman–Crippen MR) is 89.7 cm³/mol. The van der Waals surface area contributed by atoms with Crippen LogP contribution < -0.4 is 9.62 Å². The van der Waals surface area contributed by atoms with E-state index in [1.807, 2.05) is 25.1 Å². The molecule has 0 amide bonds. The first-order chi connectivity index (χ1) is 10.4. The van der Waals surface area contributed by atoms with Gasteiger partial charge in [0.05, 0.1) is 11.8 Å². The summed E-state index contributed by atoms with van der Waals surface area (Å²) >= 11 is 0. The van der Waals surface area contributed by atoms with Gasteiger partial charge in [0.1, 0.15) is 0 Å². The third-order valence-corrected chi connectivity index (χ3v) is 4.73. The largest absolute Gasteiger partial charge is 0.369 e. The summed E-state index contributed by atoms with van der Waals surface area (Å²) in [4.78, 5) is 6.84. The zero-order valence-corrected chi connectivity index (χ0v) is 13.7. The number of nitrogens with zero attached hydrogens (tertiary/aromatic N) is 2. The number of benzene rings is 1. The van der Waals surface area contributed by atoms with E-state index < -0.39 is 10.0 Å². The highest BCUT2D eigenvalue weighted by molar-refractivity contribution is 7.88. The summed E-state index contributed by atoms with van der Waals surface area (Å²) in [6.07, 6.45) is 3.08. The van der Waals surface area contributed by atoms with E-state index in [4.69, 9.17) is 0 Å². The fraction of sp³-hybridized carbons (Fsp3) is 0.438. The molecule has 1 atom stereocenters. The van der Waals surface area contributed by atoms with Gasteiger partial charge in [0.15, 0.2) is 0 Å². The molecule has 1 aliphatic heterocycles. The molecule has 1 unspecified atom stereocenters. The van der Waals surface area contributed by atoms with E-state index in [9.17, 15) is 8.42 Å². The normalized spacial score (nSPS) is 19.5. The molecule has 1 N–H and O–H groups in total. The molecule has 0 radical (unpaired) electrons. The number of nitrogens with one attached hydrogen (secondary N) is 1. The highest BCUT2D eigenvalue weighted by atomic mass is 32.2. The monoisotopic (exact) mass is 319 g/mol. The van der Waals surface area contributed by atoms with Crippen LogP contribution >= 0.6 is 0 Å². The van der Waals surface area contributed by atoms with Crippen molar-refractivity contribution in [2.75, 3.05) is 24.2 Å². The van der Waals surface area contributed by atoms with Crippen molar-refractivity contribution in [1.29, 1.82) is 0 Å². The second-order valence-electron chi connectivity index (χ2n) is 5.98. The molecule has 118 valence electrons. The average Bonchev–Trinajstić information content (AvgIpc) is 2.45. The molecular weight excluding hydrogens is 298 g/mol. The number of aromatic nitrogens is 1. The highest BCUT2D eigenvalue weighted by Crippen LogP contribution is 2.29. The molecule has 6 heteroatoms. The van der Waals surface area contributed by atoms with Crippen LogP contribution in [0.4, 0.5) is 5.69 Å². The van der Waals surface area contributed by atoms with Gasteiger partial charge in [0, 0.05) is 35.9 Å². The van der Waals surface area contributed by atoms with Crippen molar-refractivity contribution < 1.29 is 8.42 Å². The van der Waals surface area contributed by atoms with Crippen LogP contribution in [0.5, 0.6) is 0 Å². The Balaban J connectivity index is 1.93. The number of piperidine rings is 1. The number of fused-ring (bicyclic) bond motifs is 1. The minimum absolute atomic E-state index is 0.0315. The summed E-state index contributed by atoms with van der Waals surface area (Å²) < 4.78 is 25.7. The summed E-state index contributed by atoms with van der Waals surface area (Å²) in [5.74, 6) is 0. The minimum atomic E-state index is -3.17. The molecule has 2 aromatic rings. The van der Waals surface area contributed by atoms with Gasteiger partial charge in [0.2, 0.25) is 10.0 Å². The number of rotatable bonds is 3. The first kappa shape index (κ1) is 15.2. The third-order valence-electron chi connectivity index (χ3n) is 3.97. The van der Waals surface area contributed by atoms with Gasteiger partial charge >= 0.3 is 0 Å². The highest BCUT2D eigenvalue weighted by Gasteiger charge is 2.23. The van der Waals surface area contributed by atoms with E-state index in [2.05, 4.69) is 26.7 Å². The lowest BCUT2D eigenvalue weighted by Gasteiger charge is -2.35. The SMILES string of the molecule is Cc1cc(N2CCCC(NS(C)(=O)=O)C2)c2ccccc2n1. The van der Waals surface area contributed by atoms with Gasteiger partial charge in [0.25, 0.3) is 0 Å². The maximum absolute atomic E-state index is 11.5. The van der Waals surface area contributed by atoms with Crippen molar-refractivity contribution in [3.05, 3.63) is 36.0 Å².